The van der Waals surface area contributed by atoms with Crippen LogP contribution in [-0.2, 0) is 0 Å². The lowest BCUT2D eigenvalue weighted by atomic mass is 10.3. The fourth-order valence-electron chi connectivity index (χ4n) is 0.979. The molecule has 1 aliphatic rings. The van der Waals surface area contributed by atoms with Gasteiger partial charge in [-0.2, -0.15) is 0 Å². The Balaban J connectivity index is 2.42. The summed E-state index contributed by atoms with van der Waals surface area (Å²) in [7, 11) is -0.442. The van der Waals surface area contributed by atoms with Crippen LogP contribution in [0.4, 0.5) is 5.69 Å². The predicted octanol–water partition coefficient (Wildman–Crippen LogP) is 2.43. The average Bonchev–Trinajstić information content (AvgIpc) is 2.27. The largest absolute Gasteiger partial charge is 0.451 e. The molecular formula is C7H8NOP. The van der Waals surface area contributed by atoms with Gasteiger partial charge in [0.15, 0.2) is 8.30 Å². The minimum atomic E-state index is -0.442. The first kappa shape index (κ1) is 5.99. The van der Waals surface area contributed by atoms with Crippen LogP contribution in [0.3, 0.4) is 0 Å². The van der Waals surface area contributed by atoms with Crippen LogP contribution in [-0.4, -0.2) is 6.66 Å². The Hall–Kier alpha value is -0.750. The van der Waals surface area contributed by atoms with Crippen LogP contribution in [0.2, 0.25) is 0 Å². The third-order valence-electron chi connectivity index (χ3n) is 1.40. The number of hydrogen-bond donors (Lipinski definition) is 1. The van der Waals surface area contributed by atoms with Gasteiger partial charge in [-0.05, 0) is 12.1 Å². The summed E-state index contributed by atoms with van der Waals surface area (Å²) in [6.07, 6.45) is 0. The van der Waals surface area contributed by atoms with Crippen LogP contribution in [0.25, 0.3) is 0 Å². The van der Waals surface area contributed by atoms with Crippen LogP contribution in [0.15, 0.2) is 24.3 Å². The first-order chi connectivity index (χ1) is 4.86. The summed E-state index contributed by atoms with van der Waals surface area (Å²) in [5.41, 5.74) is 1.12. The standard InChI is InChI=1S/C7H8NOP/c1-10-8-6-4-2-3-5-7(6)9-10/h2-5,8H,1H3. The van der Waals surface area contributed by atoms with E-state index in [1.807, 2.05) is 24.3 Å². The lowest BCUT2D eigenvalue weighted by Gasteiger charge is -1.99. The van der Waals surface area contributed by atoms with Gasteiger partial charge in [0.2, 0.25) is 0 Å². The summed E-state index contributed by atoms with van der Waals surface area (Å²) in [6.45, 7) is 2.05. The van der Waals surface area contributed by atoms with Gasteiger partial charge in [-0.1, -0.05) is 12.1 Å². The number of fused-ring (bicyclic) bond motifs is 1. The van der Waals surface area contributed by atoms with E-state index in [9.17, 15) is 0 Å². The van der Waals surface area contributed by atoms with Crippen molar-refractivity contribution in [1.82, 2.24) is 0 Å². The molecule has 1 unspecified atom stereocenters. The van der Waals surface area contributed by atoms with E-state index in [4.69, 9.17) is 4.52 Å². The summed E-state index contributed by atoms with van der Waals surface area (Å²) in [5, 5.41) is 3.24. The summed E-state index contributed by atoms with van der Waals surface area (Å²) < 4.78 is 5.46. The van der Waals surface area contributed by atoms with Crippen LogP contribution in [0.5, 0.6) is 5.75 Å². The summed E-state index contributed by atoms with van der Waals surface area (Å²) in [4.78, 5) is 0. The molecular weight excluding hydrogens is 145 g/mol. The van der Waals surface area contributed by atoms with E-state index in [2.05, 4.69) is 11.8 Å². The molecule has 1 aromatic rings. The lowest BCUT2D eigenvalue weighted by molar-refractivity contribution is 0.640. The van der Waals surface area contributed by atoms with Crippen molar-refractivity contribution < 1.29 is 4.52 Å². The molecule has 0 radical (unpaired) electrons. The van der Waals surface area contributed by atoms with E-state index in [-0.39, 0.29) is 0 Å². The molecule has 0 fully saturated rings. The predicted molar refractivity (Wildman–Crippen MR) is 43.5 cm³/mol. The summed E-state index contributed by atoms with van der Waals surface area (Å²) in [5.74, 6) is 0.983. The molecule has 1 heterocycles. The molecule has 0 saturated heterocycles. The highest BCUT2D eigenvalue weighted by Gasteiger charge is 2.16. The second-order valence-corrected chi connectivity index (χ2v) is 3.60. The Kier molecular flexibility index (Phi) is 1.28. The molecule has 1 aliphatic heterocycles. The van der Waals surface area contributed by atoms with Gasteiger partial charge >= 0.3 is 0 Å². The van der Waals surface area contributed by atoms with Crippen LogP contribution < -0.4 is 9.61 Å². The highest BCUT2D eigenvalue weighted by Crippen LogP contribution is 2.46. The van der Waals surface area contributed by atoms with E-state index < -0.39 is 8.30 Å². The first-order valence-electron chi connectivity index (χ1n) is 3.13. The van der Waals surface area contributed by atoms with Gasteiger partial charge < -0.3 is 9.61 Å². The third kappa shape index (κ3) is 0.850. The molecule has 0 aliphatic carbocycles. The topological polar surface area (TPSA) is 21.3 Å². The number of nitrogens with one attached hydrogen (secondary N) is 1. The average molecular weight is 153 g/mol. The van der Waals surface area contributed by atoms with E-state index in [0.717, 1.165) is 11.4 Å². The highest BCUT2D eigenvalue weighted by atomic mass is 31.2. The highest BCUT2D eigenvalue weighted by molar-refractivity contribution is 7.54. The van der Waals surface area contributed by atoms with Gasteiger partial charge in [-0.15, -0.1) is 0 Å². The Morgan fingerprint density at radius 1 is 1.40 bits per heavy atom. The van der Waals surface area contributed by atoms with Crippen molar-refractivity contribution in [3.8, 4) is 5.75 Å². The molecule has 0 spiro atoms. The van der Waals surface area contributed by atoms with Crippen molar-refractivity contribution in [3.63, 3.8) is 0 Å². The number of hydrogen-bond acceptors (Lipinski definition) is 2. The van der Waals surface area contributed by atoms with Crippen molar-refractivity contribution in [2.24, 2.45) is 0 Å². The minimum Gasteiger partial charge on any atom is -0.451 e. The second-order valence-electron chi connectivity index (χ2n) is 2.20. The number of para-hydroxylation sites is 2. The Morgan fingerprint density at radius 2 is 2.20 bits per heavy atom. The molecule has 2 rings (SSSR count). The van der Waals surface area contributed by atoms with Gasteiger partial charge in [-0.25, -0.2) is 0 Å². The van der Waals surface area contributed by atoms with Gasteiger partial charge in [0.25, 0.3) is 0 Å². The number of rotatable bonds is 0. The van der Waals surface area contributed by atoms with Gasteiger partial charge in [0.05, 0.1) is 5.69 Å². The van der Waals surface area contributed by atoms with E-state index in [1.165, 1.54) is 0 Å². The van der Waals surface area contributed by atoms with Crippen LogP contribution in [0, 0.1) is 0 Å². The maximum Gasteiger partial charge on any atom is 0.186 e. The molecule has 0 saturated carbocycles. The second kappa shape index (κ2) is 2.14. The van der Waals surface area contributed by atoms with Gasteiger partial charge in [0, 0.05) is 6.66 Å². The van der Waals surface area contributed by atoms with E-state index in [0.29, 0.717) is 0 Å². The van der Waals surface area contributed by atoms with Crippen LogP contribution in [0.1, 0.15) is 0 Å². The number of anilines is 1. The van der Waals surface area contributed by atoms with Crippen molar-refractivity contribution >= 4 is 14.0 Å². The zero-order valence-corrected chi connectivity index (χ0v) is 6.56. The zero-order chi connectivity index (χ0) is 6.97. The molecule has 0 amide bonds. The maximum atomic E-state index is 5.46. The van der Waals surface area contributed by atoms with E-state index >= 15 is 0 Å². The molecule has 1 aromatic carbocycles. The molecule has 3 heteroatoms. The SMILES string of the molecule is CP1Nc2ccccc2O1. The van der Waals surface area contributed by atoms with E-state index in [1.54, 1.807) is 0 Å². The Labute approximate surface area is 61.1 Å². The van der Waals surface area contributed by atoms with Crippen LogP contribution >= 0.6 is 8.30 Å². The first-order valence-corrected chi connectivity index (χ1v) is 4.84. The minimum absolute atomic E-state index is 0.442. The third-order valence-corrected chi connectivity index (χ3v) is 2.43. The lowest BCUT2D eigenvalue weighted by Crippen LogP contribution is -1.81. The molecule has 1 atom stereocenters. The fourth-order valence-corrected chi connectivity index (χ4v) is 2.00. The monoisotopic (exact) mass is 153 g/mol. The molecule has 2 nitrogen and oxygen atoms in total. The smallest absolute Gasteiger partial charge is 0.186 e. The van der Waals surface area contributed by atoms with Gasteiger partial charge in [0.1, 0.15) is 5.75 Å². The van der Waals surface area contributed by atoms with Crippen molar-refractivity contribution in [2.75, 3.05) is 11.8 Å². The van der Waals surface area contributed by atoms with Crippen molar-refractivity contribution in [3.05, 3.63) is 24.3 Å². The number of benzene rings is 1. The zero-order valence-electron chi connectivity index (χ0n) is 5.66. The molecule has 52 valence electrons. The normalized spacial score (nSPS) is 21.1. The molecule has 0 aromatic heterocycles. The molecule has 1 N–H and O–H groups in total. The molecule has 0 bridgehead atoms. The Bertz CT molecular complexity index is 226. The van der Waals surface area contributed by atoms with Crippen molar-refractivity contribution in [2.45, 2.75) is 0 Å². The Morgan fingerprint density at radius 3 is 3.00 bits per heavy atom. The quantitative estimate of drug-likeness (QED) is 0.578. The summed E-state index contributed by atoms with van der Waals surface area (Å²) in [6, 6.07) is 7.99. The fraction of sp³-hybridized carbons (Fsp3) is 0.143. The van der Waals surface area contributed by atoms with Gasteiger partial charge in [-0.3, -0.25) is 0 Å². The maximum absolute atomic E-state index is 5.46. The molecule has 10 heavy (non-hydrogen) atoms. The summed E-state index contributed by atoms with van der Waals surface area (Å²) >= 11 is 0. The van der Waals surface area contributed by atoms with Crippen molar-refractivity contribution in [1.29, 1.82) is 0 Å².